The fraction of sp³-hybridized carbons (Fsp3) is 0.200. The number of aromatic nitrogens is 1. The van der Waals surface area contributed by atoms with Gasteiger partial charge in [-0.15, -0.1) is 0 Å². The quantitative estimate of drug-likeness (QED) is 0.417. The van der Waals surface area contributed by atoms with Crippen LogP contribution in [0.4, 0.5) is 17.6 Å². The summed E-state index contributed by atoms with van der Waals surface area (Å²) < 4.78 is 58.2. The van der Waals surface area contributed by atoms with Crippen molar-refractivity contribution in [2.45, 2.75) is 24.0 Å². The highest BCUT2D eigenvalue weighted by Gasteiger charge is 2.17. The van der Waals surface area contributed by atoms with E-state index in [0.29, 0.717) is 5.56 Å². The van der Waals surface area contributed by atoms with Gasteiger partial charge in [-0.05, 0) is 41.6 Å². The largest absolute Gasteiger partial charge is 0.457 e. The summed E-state index contributed by atoms with van der Waals surface area (Å²) in [6.45, 7) is -3.08. The molecule has 1 heterocycles. The van der Waals surface area contributed by atoms with Crippen LogP contribution in [0, 0.1) is 0 Å². The van der Waals surface area contributed by atoms with Crippen molar-refractivity contribution in [3.8, 4) is 5.75 Å². The number of thioether (sulfide) groups is 1. The van der Waals surface area contributed by atoms with Gasteiger partial charge >= 0.3 is 12.6 Å². The molecule has 0 bridgehead atoms. The van der Waals surface area contributed by atoms with E-state index in [2.05, 4.69) is 9.72 Å². The molecule has 2 rings (SSSR count). The Labute approximate surface area is 138 Å². The van der Waals surface area contributed by atoms with Crippen molar-refractivity contribution in [3.05, 3.63) is 53.7 Å². The van der Waals surface area contributed by atoms with Crippen LogP contribution in [0.25, 0.3) is 0 Å². The van der Waals surface area contributed by atoms with Crippen LogP contribution < -0.4 is 4.74 Å². The third-order valence-electron chi connectivity index (χ3n) is 2.71. The molecule has 1 aromatic heterocycles. The number of hydrogen-bond donors (Lipinski definition) is 0. The Morgan fingerprint density at radius 2 is 1.83 bits per heavy atom. The zero-order valence-electron chi connectivity index (χ0n) is 12.0. The monoisotopic (exact) mass is 361 g/mol. The molecular weight excluding hydrogens is 350 g/mol. The summed E-state index contributed by atoms with van der Waals surface area (Å²) in [5, 5.41) is -0.127. The van der Waals surface area contributed by atoms with Crippen molar-refractivity contribution < 1.29 is 31.8 Å². The molecule has 9 heteroatoms. The second-order valence-electron chi connectivity index (χ2n) is 4.33. The number of alkyl halides is 4. The summed E-state index contributed by atoms with van der Waals surface area (Å²) in [5.74, 6) is -3.55. The van der Waals surface area contributed by atoms with Crippen molar-refractivity contribution in [1.82, 2.24) is 4.98 Å². The van der Waals surface area contributed by atoms with Crippen LogP contribution in [0.5, 0.6) is 5.75 Å². The number of nitrogens with zero attached hydrogens (tertiary/aromatic N) is 1. The third-order valence-corrected chi connectivity index (χ3v) is 3.44. The van der Waals surface area contributed by atoms with E-state index in [0.717, 1.165) is 0 Å². The molecule has 0 aliphatic carbocycles. The van der Waals surface area contributed by atoms with Crippen LogP contribution >= 0.6 is 11.8 Å². The van der Waals surface area contributed by atoms with Gasteiger partial charge in [0.1, 0.15) is 17.4 Å². The molecule has 4 nitrogen and oxygen atoms in total. The lowest BCUT2D eigenvalue weighted by Gasteiger charge is -2.09. The average Bonchev–Trinajstić information content (AvgIpc) is 2.53. The highest BCUT2D eigenvalue weighted by atomic mass is 32.2. The number of halogens is 4. The number of ether oxygens (including phenoxy) is 2. The predicted molar refractivity (Wildman–Crippen MR) is 78.3 cm³/mol. The Kier molecular flexibility index (Phi) is 6.42. The standard InChI is InChI=1S/C15H11F4NO3S/c16-14(17)23-10-5-3-9(4-6-10)8-22-13(21)11-2-1-7-20-12(11)24-15(18)19/h1-7,14-15H,8H2. The highest BCUT2D eigenvalue weighted by Crippen LogP contribution is 2.27. The van der Waals surface area contributed by atoms with Gasteiger partial charge < -0.3 is 9.47 Å². The SMILES string of the molecule is O=C(OCc1ccc(OC(F)F)cc1)c1cccnc1SC(F)F. The Morgan fingerprint density at radius 3 is 2.46 bits per heavy atom. The molecule has 0 spiro atoms. The molecule has 0 saturated carbocycles. The fourth-order valence-electron chi connectivity index (χ4n) is 1.72. The molecule has 24 heavy (non-hydrogen) atoms. The smallest absolute Gasteiger partial charge is 0.387 e. The first kappa shape index (κ1) is 18.1. The Hall–Kier alpha value is -2.29. The Morgan fingerprint density at radius 1 is 1.12 bits per heavy atom. The van der Waals surface area contributed by atoms with Crippen molar-refractivity contribution in [2.24, 2.45) is 0 Å². The number of rotatable bonds is 7. The molecule has 0 N–H and O–H groups in total. The lowest BCUT2D eigenvalue weighted by atomic mass is 10.2. The number of carbonyl (C=O) groups is 1. The molecule has 0 atom stereocenters. The first-order chi connectivity index (χ1) is 11.5. The summed E-state index contributed by atoms with van der Waals surface area (Å²) in [5.41, 5.74) is 0.456. The van der Waals surface area contributed by atoms with Crippen molar-refractivity contribution in [1.29, 1.82) is 0 Å². The zero-order valence-corrected chi connectivity index (χ0v) is 12.8. The van der Waals surface area contributed by atoms with Crippen LogP contribution in [-0.2, 0) is 11.3 Å². The maximum atomic E-state index is 12.4. The van der Waals surface area contributed by atoms with Gasteiger partial charge in [-0.1, -0.05) is 12.1 Å². The Bertz CT molecular complexity index is 683. The van der Waals surface area contributed by atoms with E-state index < -0.39 is 18.3 Å². The molecule has 0 aliphatic heterocycles. The summed E-state index contributed by atoms with van der Waals surface area (Å²) in [7, 11) is 0. The predicted octanol–water partition coefficient (Wildman–Crippen LogP) is 4.35. The second-order valence-corrected chi connectivity index (χ2v) is 5.31. The van der Waals surface area contributed by atoms with Crippen LogP contribution in [0.1, 0.15) is 15.9 Å². The number of esters is 1. The van der Waals surface area contributed by atoms with Gasteiger partial charge in [0.2, 0.25) is 0 Å². The summed E-state index contributed by atoms with van der Waals surface area (Å²) in [6, 6.07) is 8.27. The normalized spacial score (nSPS) is 10.9. The topological polar surface area (TPSA) is 48.4 Å². The van der Waals surface area contributed by atoms with E-state index in [4.69, 9.17) is 4.74 Å². The van der Waals surface area contributed by atoms with Crippen LogP contribution in [0.15, 0.2) is 47.6 Å². The van der Waals surface area contributed by atoms with Crippen molar-refractivity contribution in [3.63, 3.8) is 0 Å². The zero-order chi connectivity index (χ0) is 17.5. The van der Waals surface area contributed by atoms with Gasteiger partial charge in [-0.2, -0.15) is 17.6 Å². The van der Waals surface area contributed by atoms with Crippen LogP contribution in [0.3, 0.4) is 0 Å². The first-order valence-electron chi connectivity index (χ1n) is 6.56. The van der Waals surface area contributed by atoms with Gasteiger partial charge in [0, 0.05) is 6.20 Å². The molecule has 0 aliphatic rings. The van der Waals surface area contributed by atoms with Gasteiger partial charge in [-0.3, -0.25) is 0 Å². The fourth-order valence-corrected chi connectivity index (χ4v) is 2.29. The molecule has 0 unspecified atom stereocenters. The van der Waals surface area contributed by atoms with Gasteiger partial charge in [0.15, 0.2) is 0 Å². The van der Waals surface area contributed by atoms with Gasteiger partial charge in [-0.25, -0.2) is 9.78 Å². The maximum Gasteiger partial charge on any atom is 0.387 e. The van der Waals surface area contributed by atoms with E-state index in [1.165, 1.54) is 42.6 Å². The molecule has 2 aromatic rings. The molecule has 0 saturated heterocycles. The summed E-state index contributed by atoms with van der Waals surface area (Å²) >= 11 is 0.150. The van der Waals surface area contributed by atoms with E-state index in [1.807, 2.05) is 0 Å². The number of hydrogen-bond acceptors (Lipinski definition) is 5. The van der Waals surface area contributed by atoms with E-state index in [-0.39, 0.29) is 34.7 Å². The molecule has 128 valence electrons. The second kappa shape index (κ2) is 8.53. The molecule has 0 radical (unpaired) electrons. The molecule has 0 amide bonds. The Balaban J connectivity index is 1.98. The summed E-state index contributed by atoms with van der Waals surface area (Å²) in [4.78, 5) is 15.7. The van der Waals surface area contributed by atoms with Gasteiger partial charge in [0.05, 0.1) is 5.56 Å². The van der Waals surface area contributed by atoms with Crippen molar-refractivity contribution >= 4 is 17.7 Å². The maximum absolute atomic E-state index is 12.4. The molecular formula is C15H11F4NO3S. The molecule has 1 aromatic carbocycles. The minimum atomic E-state index is -2.93. The number of benzene rings is 1. The van der Waals surface area contributed by atoms with E-state index in [9.17, 15) is 22.4 Å². The average molecular weight is 361 g/mol. The minimum absolute atomic E-state index is 0.0250. The lowest BCUT2D eigenvalue weighted by molar-refractivity contribution is -0.0498. The third kappa shape index (κ3) is 5.41. The lowest BCUT2D eigenvalue weighted by Crippen LogP contribution is -2.08. The van der Waals surface area contributed by atoms with Gasteiger partial charge in [0.25, 0.3) is 5.76 Å². The first-order valence-corrected chi connectivity index (χ1v) is 7.44. The summed E-state index contributed by atoms with van der Waals surface area (Å²) in [6.07, 6.45) is 1.29. The minimum Gasteiger partial charge on any atom is -0.457 e. The van der Waals surface area contributed by atoms with E-state index >= 15 is 0 Å². The molecule has 0 fully saturated rings. The van der Waals surface area contributed by atoms with Crippen LogP contribution in [-0.4, -0.2) is 23.3 Å². The number of pyridine rings is 1. The highest BCUT2D eigenvalue weighted by molar-refractivity contribution is 7.99. The van der Waals surface area contributed by atoms with E-state index in [1.54, 1.807) is 0 Å². The number of carbonyl (C=O) groups excluding carboxylic acids is 1. The van der Waals surface area contributed by atoms with Crippen LogP contribution in [0.2, 0.25) is 0 Å². The van der Waals surface area contributed by atoms with Crippen molar-refractivity contribution in [2.75, 3.05) is 0 Å².